The van der Waals surface area contributed by atoms with Gasteiger partial charge in [-0.25, -0.2) is 0 Å². The second kappa shape index (κ2) is 3.88. The topological polar surface area (TPSA) is 66.4 Å². The fraction of sp³-hybridized carbons (Fsp3) is 1.00. The molecule has 3 rings (SSSR count). The number of rotatable bonds is 1. The number of aliphatic hydroxyl groups is 1. The molecule has 1 N–H and O–H groups in total. The van der Waals surface area contributed by atoms with Crippen LogP contribution >= 0.6 is 0 Å². The Morgan fingerprint density at radius 2 is 1.67 bits per heavy atom. The van der Waals surface area contributed by atoms with Crippen LogP contribution in [0.15, 0.2) is 0 Å². The molecule has 0 spiro atoms. The van der Waals surface area contributed by atoms with E-state index in [1.165, 1.54) is 0 Å². The fourth-order valence-corrected chi connectivity index (χ4v) is 2.70. The van der Waals surface area contributed by atoms with Crippen LogP contribution in [0.4, 0.5) is 0 Å². The van der Waals surface area contributed by atoms with Crippen molar-refractivity contribution >= 4 is 0 Å². The van der Waals surface area contributed by atoms with Crippen LogP contribution in [0.1, 0.15) is 27.7 Å². The van der Waals surface area contributed by atoms with E-state index in [0.29, 0.717) is 6.61 Å². The normalized spacial score (nSPS) is 49.5. The number of ether oxygens (including phenoxy) is 5. The molecule has 3 saturated heterocycles. The number of hydrogen-bond acceptors (Lipinski definition) is 6. The molecule has 0 aromatic carbocycles. The molecule has 1 unspecified atom stereocenters. The van der Waals surface area contributed by atoms with Gasteiger partial charge in [0, 0.05) is 0 Å². The third-order valence-electron chi connectivity index (χ3n) is 3.45. The highest BCUT2D eigenvalue weighted by Crippen LogP contribution is 2.40. The molecule has 6 heteroatoms. The van der Waals surface area contributed by atoms with Gasteiger partial charge in [0.25, 0.3) is 0 Å². The summed E-state index contributed by atoms with van der Waals surface area (Å²) in [7, 11) is 0. The van der Waals surface area contributed by atoms with Crippen LogP contribution in [0.25, 0.3) is 0 Å². The lowest BCUT2D eigenvalue weighted by Crippen LogP contribution is -2.42. The molecule has 0 amide bonds. The molecule has 6 nitrogen and oxygen atoms in total. The van der Waals surface area contributed by atoms with E-state index in [1.54, 1.807) is 13.8 Å². The summed E-state index contributed by atoms with van der Waals surface area (Å²) in [5, 5.41) is 10.3. The summed E-state index contributed by atoms with van der Waals surface area (Å²) in [4.78, 5) is 0. The maximum atomic E-state index is 10.3. The van der Waals surface area contributed by atoms with Crippen LogP contribution in [0, 0.1) is 0 Å². The van der Waals surface area contributed by atoms with Crippen LogP contribution in [0.3, 0.4) is 0 Å². The second-order valence-corrected chi connectivity index (χ2v) is 5.93. The lowest BCUT2D eigenvalue weighted by molar-refractivity contribution is -0.232. The first-order valence-corrected chi connectivity index (χ1v) is 6.28. The molecule has 18 heavy (non-hydrogen) atoms. The van der Waals surface area contributed by atoms with E-state index in [4.69, 9.17) is 23.7 Å². The van der Waals surface area contributed by atoms with Crippen molar-refractivity contribution in [3.05, 3.63) is 0 Å². The van der Waals surface area contributed by atoms with E-state index < -0.39 is 36.2 Å². The van der Waals surface area contributed by atoms with Gasteiger partial charge in [0.15, 0.2) is 17.9 Å². The lowest BCUT2D eigenvalue weighted by atomic mass is 10.1. The van der Waals surface area contributed by atoms with Crippen LogP contribution in [0.5, 0.6) is 0 Å². The fourth-order valence-electron chi connectivity index (χ4n) is 2.70. The monoisotopic (exact) mass is 260 g/mol. The third-order valence-corrected chi connectivity index (χ3v) is 3.45. The molecule has 3 aliphatic rings. The Kier molecular flexibility index (Phi) is 2.75. The zero-order valence-corrected chi connectivity index (χ0v) is 11.1. The Hall–Kier alpha value is -0.240. The van der Waals surface area contributed by atoms with Gasteiger partial charge in [0.2, 0.25) is 0 Å². The molecule has 3 fully saturated rings. The maximum absolute atomic E-state index is 10.3. The minimum absolute atomic E-state index is 0.295. The van der Waals surface area contributed by atoms with Gasteiger partial charge in [-0.15, -0.1) is 0 Å². The van der Waals surface area contributed by atoms with Crippen molar-refractivity contribution in [2.24, 2.45) is 0 Å². The second-order valence-electron chi connectivity index (χ2n) is 5.93. The molecule has 0 bridgehead atoms. The summed E-state index contributed by atoms with van der Waals surface area (Å²) in [6, 6.07) is 0. The van der Waals surface area contributed by atoms with Gasteiger partial charge in [-0.2, -0.15) is 0 Å². The number of aliphatic hydroxyl groups excluding tert-OH is 1. The molecule has 0 saturated carbocycles. The third kappa shape index (κ3) is 2.07. The van der Waals surface area contributed by atoms with Gasteiger partial charge in [-0.3, -0.25) is 0 Å². The van der Waals surface area contributed by atoms with E-state index in [-0.39, 0.29) is 6.10 Å². The van der Waals surface area contributed by atoms with Crippen molar-refractivity contribution in [1.29, 1.82) is 0 Å². The predicted molar refractivity (Wildman–Crippen MR) is 59.6 cm³/mol. The van der Waals surface area contributed by atoms with Gasteiger partial charge < -0.3 is 28.8 Å². The van der Waals surface area contributed by atoms with Gasteiger partial charge in [0.1, 0.15) is 24.4 Å². The summed E-state index contributed by atoms with van der Waals surface area (Å²) in [6.45, 7) is 7.68. The van der Waals surface area contributed by atoms with E-state index in [2.05, 4.69) is 0 Å². The SMILES string of the molecule is CC1(C)OC[C@@H]([C@H]2O[C@@H]3OC(C)(C)O[C@@H]3C2O)O1. The first-order chi connectivity index (χ1) is 8.27. The molecule has 0 aromatic heterocycles. The minimum Gasteiger partial charge on any atom is -0.387 e. The van der Waals surface area contributed by atoms with E-state index >= 15 is 0 Å². The molecule has 5 atom stereocenters. The molecule has 0 radical (unpaired) electrons. The summed E-state index contributed by atoms with van der Waals surface area (Å²) < 4.78 is 28.1. The summed E-state index contributed by atoms with van der Waals surface area (Å²) in [5.41, 5.74) is 0. The van der Waals surface area contributed by atoms with Gasteiger partial charge >= 0.3 is 0 Å². The highest BCUT2D eigenvalue weighted by atomic mass is 16.8. The largest absolute Gasteiger partial charge is 0.387 e. The van der Waals surface area contributed by atoms with Crippen LogP contribution in [-0.2, 0) is 23.7 Å². The Morgan fingerprint density at radius 1 is 0.944 bits per heavy atom. The van der Waals surface area contributed by atoms with Crippen molar-refractivity contribution < 1.29 is 28.8 Å². The van der Waals surface area contributed by atoms with Crippen LogP contribution in [0.2, 0.25) is 0 Å². The average Bonchev–Trinajstić information content (AvgIpc) is 2.81. The van der Waals surface area contributed by atoms with Crippen LogP contribution in [-0.4, -0.2) is 54.0 Å². The Morgan fingerprint density at radius 3 is 2.22 bits per heavy atom. The zero-order chi connectivity index (χ0) is 13.1. The van der Waals surface area contributed by atoms with Crippen molar-refractivity contribution in [1.82, 2.24) is 0 Å². The van der Waals surface area contributed by atoms with Gasteiger partial charge in [-0.1, -0.05) is 0 Å². The Bertz CT molecular complexity index is 341. The smallest absolute Gasteiger partial charge is 0.190 e. The summed E-state index contributed by atoms with van der Waals surface area (Å²) in [6.07, 6.45) is -2.53. The highest BCUT2D eigenvalue weighted by Gasteiger charge is 2.57. The molecule has 104 valence electrons. The standard InChI is InChI=1S/C12H20O6/c1-11(2)14-5-6(16-11)8-7(13)9-10(15-8)18-12(3,4)17-9/h6-10,13H,5H2,1-4H3/t6-,7?,8+,9+,10+/m0/s1. The van der Waals surface area contributed by atoms with Crippen molar-refractivity contribution in [2.75, 3.05) is 6.61 Å². The predicted octanol–water partition coefficient (Wildman–Crippen LogP) is 0.375. The first-order valence-electron chi connectivity index (χ1n) is 6.28. The number of hydrogen-bond donors (Lipinski definition) is 1. The maximum Gasteiger partial charge on any atom is 0.190 e. The summed E-state index contributed by atoms with van der Waals surface area (Å²) >= 11 is 0. The minimum atomic E-state index is -0.765. The van der Waals surface area contributed by atoms with Crippen molar-refractivity contribution in [3.63, 3.8) is 0 Å². The number of fused-ring (bicyclic) bond motifs is 1. The first kappa shape index (κ1) is 12.8. The Labute approximate surface area is 106 Å². The van der Waals surface area contributed by atoms with E-state index in [1.807, 2.05) is 13.8 Å². The molecule has 3 aliphatic heterocycles. The lowest BCUT2D eigenvalue weighted by Gasteiger charge is -2.26. The average molecular weight is 260 g/mol. The molecule has 0 aromatic rings. The highest BCUT2D eigenvalue weighted by molar-refractivity contribution is 4.97. The quantitative estimate of drug-likeness (QED) is 0.735. The molecular formula is C12H20O6. The van der Waals surface area contributed by atoms with E-state index in [9.17, 15) is 5.11 Å². The van der Waals surface area contributed by atoms with Crippen LogP contribution < -0.4 is 0 Å². The van der Waals surface area contributed by atoms with Gasteiger partial charge in [-0.05, 0) is 27.7 Å². The Balaban J connectivity index is 1.68. The molecular weight excluding hydrogens is 240 g/mol. The van der Waals surface area contributed by atoms with Gasteiger partial charge in [0.05, 0.1) is 6.61 Å². The zero-order valence-electron chi connectivity index (χ0n) is 11.1. The van der Waals surface area contributed by atoms with Crippen molar-refractivity contribution in [2.45, 2.75) is 70.0 Å². The summed E-state index contributed by atoms with van der Waals surface area (Å²) in [5.74, 6) is -1.35. The van der Waals surface area contributed by atoms with E-state index in [0.717, 1.165) is 0 Å². The molecule has 0 aliphatic carbocycles. The van der Waals surface area contributed by atoms with Crippen molar-refractivity contribution in [3.8, 4) is 0 Å². The molecule has 3 heterocycles.